The molecule has 6 heteroatoms. The molecule has 0 amide bonds. The van der Waals surface area contributed by atoms with Crippen LogP contribution in [0.15, 0.2) is 0 Å². The summed E-state index contributed by atoms with van der Waals surface area (Å²) in [5, 5.41) is 0. The fraction of sp³-hybridized carbons (Fsp3) is 0.962. The van der Waals surface area contributed by atoms with Crippen molar-refractivity contribution in [3.63, 3.8) is 0 Å². The van der Waals surface area contributed by atoms with Gasteiger partial charge < -0.3 is 23.7 Å². The zero-order chi connectivity index (χ0) is 21.8. The van der Waals surface area contributed by atoms with Gasteiger partial charge >= 0.3 is 5.97 Å². The molecule has 2 unspecified atom stereocenters. The second-order valence-electron chi connectivity index (χ2n) is 10.7. The van der Waals surface area contributed by atoms with E-state index in [-0.39, 0.29) is 42.8 Å². The molecule has 5 fully saturated rings. The van der Waals surface area contributed by atoms with Gasteiger partial charge in [0.1, 0.15) is 6.10 Å². The van der Waals surface area contributed by atoms with Crippen molar-refractivity contribution in [3.05, 3.63) is 0 Å². The van der Waals surface area contributed by atoms with Gasteiger partial charge in [0, 0.05) is 25.6 Å². The van der Waals surface area contributed by atoms with Crippen LogP contribution < -0.4 is 0 Å². The third-order valence-electron chi connectivity index (χ3n) is 8.54. The summed E-state index contributed by atoms with van der Waals surface area (Å²) in [4.78, 5) is 12.0. The van der Waals surface area contributed by atoms with Crippen LogP contribution in [0.5, 0.6) is 0 Å². The van der Waals surface area contributed by atoms with E-state index in [0.717, 1.165) is 58.2 Å². The summed E-state index contributed by atoms with van der Waals surface area (Å²) in [6, 6.07) is 0. The Hall–Kier alpha value is -0.690. The molecule has 0 bridgehead atoms. The minimum absolute atomic E-state index is 0.0248. The lowest BCUT2D eigenvalue weighted by Crippen LogP contribution is -2.35. The standard InChI is InChI=1S/C26H42O6/c27-24-16-20-19(22(17-23(20)30-24)32-26-11-5-7-15-29-26)12-13-21(18-8-2-1-3-9-18)31-25-10-4-6-14-28-25/h18-23,25-26H,1-17H2/t19-,20-,21-,22-,23+,25?,26?/m1/s1. The van der Waals surface area contributed by atoms with Gasteiger partial charge in [-0.1, -0.05) is 19.3 Å². The van der Waals surface area contributed by atoms with Gasteiger partial charge in [-0.2, -0.15) is 0 Å². The van der Waals surface area contributed by atoms with E-state index in [1.807, 2.05) is 0 Å². The number of rotatable bonds is 8. The summed E-state index contributed by atoms with van der Waals surface area (Å²) in [6.45, 7) is 1.62. The Morgan fingerprint density at radius 1 is 0.875 bits per heavy atom. The minimum atomic E-state index is -0.0909. The normalized spacial score (nSPS) is 39.6. The first-order valence-electron chi connectivity index (χ1n) is 13.5. The molecule has 0 radical (unpaired) electrons. The lowest BCUT2D eigenvalue weighted by Gasteiger charge is -2.36. The molecule has 0 N–H and O–H groups in total. The van der Waals surface area contributed by atoms with Gasteiger partial charge in [0.15, 0.2) is 12.6 Å². The number of carbonyl (C=O) groups is 1. The molecule has 7 atom stereocenters. The smallest absolute Gasteiger partial charge is 0.306 e. The van der Waals surface area contributed by atoms with Crippen molar-refractivity contribution in [3.8, 4) is 0 Å². The van der Waals surface area contributed by atoms with Crippen LogP contribution in [-0.2, 0) is 28.5 Å². The molecule has 3 saturated heterocycles. The van der Waals surface area contributed by atoms with Crippen molar-refractivity contribution in [1.29, 1.82) is 0 Å². The molecule has 0 aromatic carbocycles. The molecule has 3 aliphatic heterocycles. The Morgan fingerprint density at radius 2 is 1.59 bits per heavy atom. The zero-order valence-corrected chi connectivity index (χ0v) is 19.6. The molecule has 182 valence electrons. The van der Waals surface area contributed by atoms with E-state index < -0.39 is 0 Å². The Balaban J connectivity index is 1.23. The number of hydrogen-bond acceptors (Lipinski definition) is 6. The van der Waals surface area contributed by atoms with Crippen LogP contribution in [0.1, 0.15) is 96.3 Å². The van der Waals surface area contributed by atoms with Crippen LogP contribution in [0.3, 0.4) is 0 Å². The second-order valence-corrected chi connectivity index (χ2v) is 10.7. The number of ether oxygens (including phenoxy) is 5. The predicted molar refractivity (Wildman–Crippen MR) is 119 cm³/mol. The Morgan fingerprint density at radius 3 is 2.31 bits per heavy atom. The summed E-state index contributed by atoms with van der Waals surface area (Å²) in [5.41, 5.74) is 0. The molecule has 3 heterocycles. The first-order valence-corrected chi connectivity index (χ1v) is 13.5. The van der Waals surface area contributed by atoms with Crippen LogP contribution in [0, 0.1) is 17.8 Å². The van der Waals surface area contributed by atoms with Gasteiger partial charge in [-0.15, -0.1) is 0 Å². The summed E-state index contributed by atoms with van der Waals surface area (Å²) in [6.07, 6.45) is 16.9. The fourth-order valence-electron chi connectivity index (χ4n) is 6.82. The summed E-state index contributed by atoms with van der Waals surface area (Å²) < 4.78 is 30.6. The Bertz CT molecular complexity index is 593. The van der Waals surface area contributed by atoms with Gasteiger partial charge in [-0.25, -0.2) is 0 Å². The zero-order valence-electron chi connectivity index (χ0n) is 19.6. The maximum absolute atomic E-state index is 12.0. The quantitative estimate of drug-likeness (QED) is 0.478. The van der Waals surface area contributed by atoms with E-state index in [9.17, 15) is 4.79 Å². The van der Waals surface area contributed by atoms with Gasteiger partial charge in [0.25, 0.3) is 0 Å². The van der Waals surface area contributed by atoms with E-state index in [0.29, 0.717) is 18.3 Å². The van der Waals surface area contributed by atoms with Crippen LogP contribution >= 0.6 is 0 Å². The third kappa shape index (κ3) is 5.68. The first-order chi connectivity index (χ1) is 15.8. The Labute approximate surface area is 193 Å². The minimum Gasteiger partial charge on any atom is -0.462 e. The number of carbonyl (C=O) groups excluding carboxylic acids is 1. The molecule has 5 rings (SSSR count). The third-order valence-corrected chi connectivity index (χ3v) is 8.54. The number of hydrogen-bond donors (Lipinski definition) is 0. The number of fused-ring (bicyclic) bond motifs is 1. The van der Waals surface area contributed by atoms with E-state index in [1.54, 1.807) is 0 Å². The fourth-order valence-corrected chi connectivity index (χ4v) is 6.82. The van der Waals surface area contributed by atoms with Crippen molar-refractivity contribution in [2.24, 2.45) is 17.8 Å². The molecule has 0 spiro atoms. The summed E-state index contributed by atoms with van der Waals surface area (Å²) in [7, 11) is 0. The van der Waals surface area contributed by atoms with Crippen molar-refractivity contribution < 1.29 is 28.5 Å². The van der Waals surface area contributed by atoms with Crippen LogP contribution in [-0.4, -0.2) is 50.1 Å². The maximum Gasteiger partial charge on any atom is 0.306 e. The highest BCUT2D eigenvalue weighted by Gasteiger charge is 2.51. The van der Waals surface area contributed by atoms with Crippen LogP contribution in [0.4, 0.5) is 0 Å². The molecular weight excluding hydrogens is 408 g/mol. The molecule has 0 aromatic heterocycles. The van der Waals surface area contributed by atoms with Crippen molar-refractivity contribution >= 4 is 5.97 Å². The molecule has 32 heavy (non-hydrogen) atoms. The van der Waals surface area contributed by atoms with Crippen molar-refractivity contribution in [2.75, 3.05) is 13.2 Å². The largest absolute Gasteiger partial charge is 0.462 e. The summed E-state index contributed by atoms with van der Waals surface area (Å²) >= 11 is 0. The lowest BCUT2D eigenvalue weighted by atomic mass is 9.80. The maximum atomic E-state index is 12.0. The average molecular weight is 451 g/mol. The van der Waals surface area contributed by atoms with Gasteiger partial charge in [0.05, 0.1) is 18.6 Å². The molecule has 2 saturated carbocycles. The molecule has 2 aliphatic carbocycles. The Kier molecular flexibility index (Phi) is 8.04. The van der Waals surface area contributed by atoms with Crippen molar-refractivity contribution in [1.82, 2.24) is 0 Å². The van der Waals surface area contributed by atoms with Crippen molar-refractivity contribution in [2.45, 2.75) is 127 Å². The van der Waals surface area contributed by atoms with Crippen LogP contribution in [0.2, 0.25) is 0 Å². The highest BCUT2D eigenvalue weighted by molar-refractivity contribution is 5.72. The highest BCUT2D eigenvalue weighted by atomic mass is 16.7. The SMILES string of the molecule is O=C1C[C@@H]2[C@@H](CC[C@@H](OC3CCCCO3)C3CCCCC3)[C@H](OC3CCCCO3)C[C@@H]2O1. The van der Waals surface area contributed by atoms with Crippen LogP contribution in [0.25, 0.3) is 0 Å². The van der Waals surface area contributed by atoms with E-state index in [2.05, 4.69) is 0 Å². The lowest BCUT2D eigenvalue weighted by molar-refractivity contribution is -0.207. The monoisotopic (exact) mass is 450 g/mol. The molecule has 6 nitrogen and oxygen atoms in total. The van der Waals surface area contributed by atoms with E-state index >= 15 is 0 Å². The van der Waals surface area contributed by atoms with E-state index in [4.69, 9.17) is 23.7 Å². The molecular formula is C26H42O6. The van der Waals surface area contributed by atoms with Gasteiger partial charge in [-0.05, 0) is 76.0 Å². The summed E-state index contributed by atoms with van der Waals surface area (Å²) in [5.74, 6) is 1.23. The topological polar surface area (TPSA) is 63.2 Å². The average Bonchev–Trinajstić information content (AvgIpc) is 3.34. The second kappa shape index (κ2) is 11.2. The van der Waals surface area contributed by atoms with Gasteiger partial charge in [-0.3, -0.25) is 4.79 Å². The van der Waals surface area contributed by atoms with E-state index in [1.165, 1.54) is 44.9 Å². The molecule has 5 aliphatic rings. The first kappa shape index (κ1) is 23.1. The van der Waals surface area contributed by atoms with Gasteiger partial charge in [0.2, 0.25) is 0 Å². The predicted octanol–water partition coefficient (Wildman–Crippen LogP) is 5.12. The molecule has 0 aromatic rings. The highest BCUT2D eigenvalue weighted by Crippen LogP contribution is 2.46. The number of esters is 1.